The van der Waals surface area contributed by atoms with Crippen molar-refractivity contribution in [1.82, 2.24) is 19.5 Å². The molecule has 4 rings (SSSR count). The summed E-state index contributed by atoms with van der Waals surface area (Å²) in [5, 5.41) is 0.253. The predicted molar refractivity (Wildman–Crippen MR) is 91.6 cm³/mol. The normalized spacial score (nSPS) is 22.2. The van der Waals surface area contributed by atoms with Gasteiger partial charge in [-0.25, -0.2) is 4.98 Å². The molecule has 0 radical (unpaired) electrons. The zero-order valence-electron chi connectivity index (χ0n) is 13.9. The highest BCUT2D eigenvalue weighted by Gasteiger charge is 2.26. The first kappa shape index (κ1) is 16.1. The second-order valence-corrected chi connectivity index (χ2v) is 6.50. The van der Waals surface area contributed by atoms with Gasteiger partial charge in [-0.05, 0) is 30.9 Å². The fraction of sp³-hybridized carbons (Fsp3) is 0.688. The molecule has 2 saturated heterocycles. The van der Waals surface area contributed by atoms with E-state index in [0.717, 1.165) is 68.2 Å². The summed E-state index contributed by atoms with van der Waals surface area (Å²) in [7, 11) is 0. The molecule has 8 heteroatoms. The number of anilines is 1. The molecule has 2 aliphatic heterocycles. The van der Waals surface area contributed by atoms with Gasteiger partial charge in [0, 0.05) is 26.1 Å². The van der Waals surface area contributed by atoms with Crippen LogP contribution in [0.1, 0.15) is 38.2 Å². The predicted octanol–water partition coefficient (Wildman–Crippen LogP) is 2.58. The molecule has 0 bridgehead atoms. The van der Waals surface area contributed by atoms with Crippen molar-refractivity contribution in [3.63, 3.8) is 0 Å². The largest absolute Gasteiger partial charge is 0.378 e. The van der Waals surface area contributed by atoms with Crippen LogP contribution in [0.15, 0.2) is 0 Å². The van der Waals surface area contributed by atoms with Gasteiger partial charge in [0.05, 0.1) is 13.2 Å². The highest BCUT2D eigenvalue weighted by molar-refractivity contribution is 6.28. The summed E-state index contributed by atoms with van der Waals surface area (Å²) in [5.74, 6) is 1.78. The Balaban J connectivity index is 1.84. The summed E-state index contributed by atoms with van der Waals surface area (Å²) in [6, 6.07) is 0. The van der Waals surface area contributed by atoms with E-state index in [1.54, 1.807) is 0 Å². The lowest BCUT2D eigenvalue weighted by atomic mass is 10.2. The van der Waals surface area contributed by atoms with Gasteiger partial charge >= 0.3 is 0 Å². The number of halogens is 1. The molecule has 0 saturated carbocycles. The Bertz CT molecular complexity index is 723. The molecule has 0 N–H and O–H groups in total. The third-order valence-electron chi connectivity index (χ3n) is 4.64. The van der Waals surface area contributed by atoms with E-state index in [1.165, 1.54) is 0 Å². The van der Waals surface area contributed by atoms with Gasteiger partial charge in [0.15, 0.2) is 17.0 Å². The van der Waals surface area contributed by atoms with Crippen LogP contribution in [-0.4, -0.2) is 52.4 Å². The van der Waals surface area contributed by atoms with Gasteiger partial charge in [-0.15, -0.1) is 0 Å². The van der Waals surface area contributed by atoms with E-state index in [1.807, 2.05) is 0 Å². The lowest BCUT2D eigenvalue weighted by Crippen LogP contribution is -2.37. The van der Waals surface area contributed by atoms with Gasteiger partial charge in [0.25, 0.3) is 0 Å². The number of hydrogen-bond donors (Lipinski definition) is 0. The van der Waals surface area contributed by atoms with Crippen LogP contribution in [0.2, 0.25) is 5.28 Å². The van der Waals surface area contributed by atoms with E-state index in [-0.39, 0.29) is 11.5 Å². The topological polar surface area (TPSA) is 65.3 Å². The molecule has 7 nitrogen and oxygen atoms in total. The summed E-state index contributed by atoms with van der Waals surface area (Å²) in [6.45, 7) is 5.84. The van der Waals surface area contributed by atoms with Crippen LogP contribution in [0.3, 0.4) is 0 Å². The molecule has 2 aromatic rings. The molecule has 2 aliphatic rings. The quantitative estimate of drug-likeness (QED) is 0.792. The summed E-state index contributed by atoms with van der Waals surface area (Å²) >= 11 is 6.24. The lowest BCUT2D eigenvalue weighted by Gasteiger charge is -2.28. The maximum Gasteiger partial charge on any atom is 0.226 e. The van der Waals surface area contributed by atoms with Gasteiger partial charge < -0.3 is 14.4 Å². The van der Waals surface area contributed by atoms with E-state index in [4.69, 9.17) is 26.1 Å². The van der Waals surface area contributed by atoms with Crippen molar-refractivity contribution in [1.29, 1.82) is 0 Å². The zero-order chi connectivity index (χ0) is 16.5. The Morgan fingerprint density at radius 1 is 1.12 bits per heavy atom. The maximum atomic E-state index is 6.24. The Hall–Kier alpha value is -1.44. The van der Waals surface area contributed by atoms with Crippen LogP contribution in [0, 0.1) is 0 Å². The van der Waals surface area contributed by atoms with Crippen molar-refractivity contribution in [3.8, 4) is 0 Å². The minimum absolute atomic E-state index is 0.0118. The highest BCUT2D eigenvalue weighted by atomic mass is 35.5. The lowest BCUT2D eigenvalue weighted by molar-refractivity contribution is -0.0312. The van der Waals surface area contributed by atoms with Crippen LogP contribution in [0.4, 0.5) is 5.82 Å². The maximum absolute atomic E-state index is 6.24. The molecule has 24 heavy (non-hydrogen) atoms. The number of ether oxygens (including phenoxy) is 2. The van der Waals surface area contributed by atoms with Gasteiger partial charge in [0.2, 0.25) is 5.28 Å². The first-order chi connectivity index (χ1) is 11.8. The summed E-state index contributed by atoms with van der Waals surface area (Å²) in [4.78, 5) is 16.0. The van der Waals surface area contributed by atoms with Gasteiger partial charge in [-0.2, -0.15) is 9.97 Å². The number of hydrogen-bond acceptors (Lipinski definition) is 6. The SMILES string of the molecule is CCc1nc2c(N3CCOCC3)nc(Cl)nc2n1C1CCCCO1. The molecule has 0 aliphatic carbocycles. The van der Waals surface area contributed by atoms with Crippen molar-refractivity contribution in [3.05, 3.63) is 11.1 Å². The molecule has 1 unspecified atom stereocenters. The standard InChI is InChI=1S/C16H22ClN5O2/c1-2-11-18-13-14(21-6-9-23-10-7-21)19-16(17)20-15(13)22(11)12-5-3-4-8-24-12/h12H,2-10H2,1H3. The molecular formula is C16H22ClN5O2. The Morgan fingerprint density at radius 3 is 2.67 bits per heavy atom. The minimum Gasteiger partial charge on any atom is -0.378 e. The van der Waals surface area contributed by atoms with Crippen molar-refractivity contribution >= 4 is 28.6 Å². The van der Waals surface area contributed by atoms with E-state index >= 15 is 0 Å². The van der Waals surface area contributed by atoms with Crippen LogP contribution in [0.25, 0.3) is 11.2 Å². The first-order valence-electron chi connectivity index (χ1n) is 8.66. The number of fused-ring (bicyclic) bond motifs is 1. The molecule has 0 spiro atoms. The van der Waals surface area contributed by atoms with Gasteiger partial charge in [-0.1, -0.05) is 6.92 Å². The van der Waals surface area contributed by atoms with Gasteiger partial charge in [-0.3, -0.25) is 4.57 Å². The Labute approximate surface area is 145 Å². The molecule has 130 valence electrons. The third-order valence-corrected chi connectivity index (χ3v) is 4.81. The number of aromatic nitrogens is 4. The number of morpholine rings is 1. The molecular weight excluding hydrogens is 330 g/mol. The summed E-state index contributed by atoms with van der Waals surface area (Å²) < 4.78 is 13.5. The van der Waals surface area contributed by atoms with Crippen LogP contribution in [-0.2, 0) is 15.9 Å². The second-order valence-electron chi connectivity index (χ2n) is 6.16. The van der Waals surface area contributed by atoms with E-state index in [2.05, 4.69) is 26.4 Å². The van der Waals surface area contributed by atoms with E-state index < -0.39 is 0 Å². The Morgan fingerprint density at radius 2 is 1.96 bits per heavy atom. The minimum atomic E-state index is -0.0118. The van der Waals surface area contributed by atoms with Crippen molar-refractivity contribution in [2.45, 2.75) is 38.8 Å². The van der Waals surface area contributed by atoms with Crippen LogP contribution < -0.4 is 4.90 Å². The van der Waals surface area contributed by atoms with Gasteiger partial charge in [0.1, 0.15) is 12.1 Å². The van der Waals surface area contributed by atoms with E-state index in [0.29, 0.717) is 13.2 Å². The summed E-state index contributed by atoms with van der Waals surface area (Å²) in [5.41, 5.74) is 1.59. The van der Waals surface area contributed by atoms with Crippen LogP contribution >= 0.6 is 11.6 Å². The number of imidazole rings is 1. The highest BCUT2D eigenvalue weighted by Crippen LogP contribution is 2.32. The molecule has 1 atom stereocenters. The first-order valence-corrected chi connectivity index (χ1v) is 9.04. The Kier molecular flexibility index (Phi) is 4.56. The fourth-order valence-corrected chi connectivity index (χ4v) is 3.61. The zero-order valence-corrected chi connectivity index (χ0v) is 14.6. The molecule has 0 aromatic carbocycles. The fourth-order valence-electron chi connectivity index (χ4n) is 3.45. The average Bonchev–Trinajstić information content (AvgIpc) is 3.00. The molecule has 2 fully saturated rings. The second kappa shape index (κ2) is 6.82. The van der Waals surface area contributed by atoms with E-state index in [9.17, 15) is 0 Å². The van der Waals surface area contributed by atoms with Crippen molar-refractivity contribution in [2.75, 3.05) is 37.8 Å². The monoisotopic (exact) mass is 351 g/mol. The number of rotatable bonds is 3. The number of nitrogens with zero attached hydrogens (tertiary/aromatic N) is 5. The molecule has 0 amide bonds. The van der Waals surface area contributed by atoms with Crippen molar-refractivity contribution < 1.29 is 9.47 Å². The molecule has 2 aromatic heterocycles. The van der Waals surface area contributed by atoms with Crippen molar-refractivity contribution in [2.24, 2.45) is 0 Å². The molecule has 4 heterocycles. The number of aryl methyl sites for hydroxylation is 1. The third kappa shape index (κ3) is 2.85. The summed E-state index contributed by atoms with van der Waals surface area (Å²) in [6.07, 6.45) is 4.05. The average molecular weight is 352 g/mol. The smallest absolute Gasteiger partial charge is 0.226 e. The van der Waals surface area contributed by atoms with Crippen LogP contribution in [0.5, 0.6) is 0 Å².